The summed E-state index contributed by atoms with van der Waals surface area (Å²) in [4.78, 5) is 24.0. The van der Waals surface area contributed by atoms with Gasteiger partial charge in [-0.15, -0.1) is 0 Å². The molecule has 1 fully saturated rings. The van der Waals surface area contributed by atoms with E-state index in [1.165, 1.54) is 0 Å². The van der Waals surface area contributed by atoms with Gasteiger partial charge in [-0.2, -0.15) is 13.2 Å². The van der Waals surface area contributed by atoms with Gasteiger partial charge in [0.2, 0.25) is 0 Å². The number of nitrogens with one attached hydrogen (secondary N) is 2. The van der Waals surface area contributed by atoms with Crippen molar-refractivity contribution in [1.29, 1.82) is 0 Å². The summed E-state index contributed by atoms with van der Waals surface area (Å²) in [6, 6.07) is 6.70. The number of hydrogen-bond acceptors (Lipinski definition) is 5. The number of rotatable bonds is 1. The normalized spacial score (nSPS) is 26.0. The first-order valence-electron chi connectivity index (χ1n) is 7.14. The molecule has 7 nitrogen and oxygen atoms in total. The molecule has 2 unspecified atom stereocenters. The summed E-state index contributed by atoms with van der Waals surface area (Å²) in [6.45, 7) is -0.496. The number of benzene rings is 1. The Hall–Kier alpha value is -2.33. The number of para-hydroxylation sites is 1. The minimum atomic E-state index is -4.95. The Bertz CT molecular complexity index is 681. The van der Waals surface area contributed by atoms with Crippen molar-refractivity contribution in [3.05, 3.63) is 29.8 Å². The van der Waals surface area contributed by atoms with E-state index in [9.17, 15) is 22.8 Å². The van der Waals surface area contributed by atoms with Crippen LogP contribution in [0.2, 0.25) is 0 Å². The zero-order valence-corrected chi connectivity index (χ0v) is 12.4. The minimum Gasteiger partial charge on any atom is -0.480 e. The highest BCUT2D eigenvalue weighted by molar-refractivity contribution is 5.83. The highest BCUT2D eigenvalue weighted by atomic mass is 19.4. The van der Waals surface area contributed by atoms with E-state index >= 15 is 0 Å². The largest absolute Gasteiger partial charge is 0.480 e. The summed E-state index contributed by atoms with van der Waals surface area (Å²) in [5.74, 6) is 2.98. The molecule has 0 aliphatic carbocycles. The predicted octanol–water partition coefficient (Wildman–Crippen LogP) is -0.0255. The number of carbonyl (C=O) groups excluding carboxylic acids is 2. The Morgan fingerprint density at radius 1 is 1.38 bits per heavy atom. The molecule has 1 aromatic rings. The molecule has 0 radical (unpaired) electrons. The van der Waals surface area contributed by atoms with Gasteiger partial charge in [0.25, 0.3) is 5.91 Å². The molecule has 2 aliphatic rings. The standard InChI is InChI=1S/C14H15F3N4O3/c15-14(16,17)12(23)21-6-13(19-7-21)5-10(11(22)20-18)24-9-4-2-1-3-8(9)13/h1-4,10,19H,5-7,18H2,(H,20,22). The highest BCUT2D eigenvalue weighted by Gasteiger charge is 2.52. The second-order valence-corrected chi connectivity index (χ2v) is 5.73. The van der Waals surface area contributed by atoms with Gasteiger partial charge in [-0.05, 0) is 6.07 Å². The summed E-state index contributed by atoms with van der Waals surface area (Å²) in [5, 5.41) is 2.94. The lowest BCUT2D eigenvalue weighted by Gasteiger charge is -2.38. The molecule has 1 aromatic carbocycles. The van der Waals surface area contributed by atoms with Crippen molar-refractivity contribution in [1.82, 2.24) is 15.6 Å². The van der Waals surface area contributed by atoms with Crippen molar-refractivity contribution in [2.75, 3.05) is 13.2 Å². The Morgan fingerprint density at radius 2 is 2.08 bits per heavy atom. The van der Waals surface area contributed by atoms with Crippen LogP contribution in [0.15, 0.2) is 24.3 Å². The molecule has 130 valence electrons. The number of nitrogens with zero attached hydrogens (tertiary/aromatic N) is 1. The van der Waals surface area contributed by atoms with Crippen LogP contribution in [0, 0.1) is 0 Å². The van der Waals surface area contributed by atoms with E-state index in [1.807, 2.05) is 5.43 Å². The van der Waals surface area contributed by atoms with Gasteiger partial charge in [0, 0.05) is 18.5 Å². The quantitative estimate of drug-likeness (QED) is 0.378. The number of carbonyl (C=O) groups is 2. The van der Waals surface area contributed by atoms with Gasteiger partial charge >= 0.3 is 12.1 Å². The first-order chi connectivity index (χ1) is 11.3. The predicted molar refractivity (Wildman–Crippen MR) is 75.3 cm³/mol. The van der Waals surface area contributed by atoms with Crippen molar-refractivity contribution >= 4 is 11.8 Å². The van der Waals surface area contributed by atoms with Gasteiger partial charge in [0.15, 0.2) is 6.10 Å². The fraction of sp³-hybridized carbons (Fsp3) is 0.429. The van der Waals surface area contributed by atoms with E-state index in [0.717, 1.165) is 0 Å². The molecule has 2 atom stereocenters. The zero-order valence-electron chi connectivity index (χ0n) is 12.4. The molecule has 0 aromatic heterocycles. The number of nitrogens with two attached hydrogens (primary N) is 1. The Labute approximate surface area is 134 Å². The number of ether oxygens (including phenoxy) is 1. The third-order valence-electron chi connectivity index (χ3n) is 4.24. The van der Waals surface area contributed by atoms with E-state index in [0.29, 0.717) is 16.2 Å². The van der Waals surface area contributed by atoms with Crippen molar-refractivity contribution in [3.8, 4) is 5.75 Å². The maximum Gasteiger partial charge on any atom is 0.471 e. The lowest BCUT2D eigenvalue weighted by molar-refractivity contribution is -0.184. The van der Waals surface area contributed by atoms with E-state index in [4.69, 9.17) is 10.6 Å². The number of alkyl halides is 3. The molecule has 0 bridgehead atoms. The summed E-state index contributed by atoms with van der Waals surface area (Å²) in [6.07, 6.45) is -5.88. The van der Waals surface area contributed by atoms with E-state index in [1.54, 1.807) is 24.3 Å². The van der Waals surface area contributed by atoms with Gasteiger partial charge in [0.1, 0.15) is 5.75 Å². The lowest BCUT2D eigenvalue weighted by Crippen LogP contribution is -2.53. The SMILES string of the molecule is NNC(=O)C1CC2(CN(C(=O)C(F)(F)F)CN2)c2ccccc2O1. The van der Waals surface area contributed by atoms with Crippen LogP contribution >= 0.6 is 0 Å². The topological polar surface area (TPSA) is 96.7 Å². The first kappa shape index (κ1) is 16.5. The Kier molecular flexibility index (Phi) is 3.88. The lowest BCUT2D eigenvalue weighted by atomic mass is 9.82. The van der Waals surface area contributed by atoms with Crippen LogP contribution in [-0.4, -0.2) is 42.2 Å². The average molecular weight is 344 g/mol. The summed E-state index contributed by atoms with van der Waals surface area (Å²) < 4.78 is 43.6. The molecule has 2 amide bonds. The highest BCUT2D eigenvalue weighted by Crippen LogP contribution is 2.42. The number of fused-ring (bicyclic) bond motifs is 2. The maximum absolute atomic E-state index is 12.7. The smallest absolute Gasteiger partial charge is 0.471 e. The fourth-order valence-corrected chi connectivity index (χ4v) is 3.15. The zero-order chi connectivity index (χ0) is 17.5. The van der Waals surface area contributed by atoms with Crippen LogP contribution in [0.25, 0.3) is 0 Å². The van der Waals surface area contributed by atoms with Crippen molar-refractivity contribution in [2.24, 2.45) is 5.84 Å². The molecule has 24 heavy (non-hydrogen) atoms. The van der Waals surface area contributed by atoms with E-state index in [2.05, 4.69) is 5.32 Å². The molecule has 10 heteroatoms. The molecule has 3 rings (SSSR count). The average Bonchev–Trinajstić information content (AvgIpc) is 2.97. The van der Waals surface area contributed by atoms with Gasteiger partial charge in [-0.1, -0.05) is 18.2 Å². The fourth-order valence-electron chi connectivity index (χ4n) is 3.15. The summed E-state index contributed by atoms with van der Waals surface area (Å²) >= 11 is 0. The second kappa shape index (κ2) is 5.64. The first-order valence-corrected chi connectivity index (χ1v) is 7.14. The van der Waals surface area contributed by atoms with Crippen LogP contribution in [0.5, 0.6) is 5.75 Å². The number of hydrogen-bond donors (Lipinski definition) is 3. The Balaban J connectivity index is 1.94. The summed E-state index contributed by atoms with van der Waals surface area (Å²) in [5.41, 5.74) is 1.57. The van der Waals surface area contributed by atoms with E-state index < -0.39 is 29.6 Å². The third kappa shape index (κ3) is 2.67. The van der Waals surface area contributed by atoms with Crippen LogP contribution in [0.1, 0.15) is 12.0 Å². The minimum absolute atomic E-state index is 0.0503. The van der Waals surface area contributed by atoms with Crippen molar-refractivity contribution in [2.45, 2.75) is 24.2 Å². The van der Waals surface area contributed by atoms with Gasteiger partial charge in [-0.3, -0.25) is 20.3 Å². The van der Waals surface area contributed by atoms with Crippen LogP contribution < -0.4 is 21.3 Å². The van der Waals surface area contributed by atoms with Gasteiger partial charge in [-0.25, -0.2) is 5.84 Å². The summed E-state index contributed by atoms with van der Waals surface area (Å²) in [7, 11) is 0. The second-order valence-electron chi connectivity index (χ2n) is 5.73. The van der Waals surface area contributed by atoms with E-state index in [-0.39, 0.29) is 19.6 Å². The molecule has 2 heterocycles. The molecule has 2 aliphatic heterocycles. The van der Waals surface area contributed by atoms with Gasteiger partial charge < -0.3 is 9.64 Å². The number of hydrazine groups is 1. The molecule has 1 spiro atoms. The Morgan fingerprint density at radius 3 is 2.75 bits per heavy atom. The number of halogens is 3. The monoisotopic (exact) mass is 344 g/mol. The van der Waals surface area contributed by atoms with Crippen molar-refractivity contribution in [3.63, 3.8) is 0 Å². The van der Waals surface area contributed by atoms with Crippen LogP contribution in [-0.2, 0) is 15.1 Å². The van der Waals surface area contributed by atoms with Crippen LogP contribution in [0.4, 0.5) is 13.2 Å². The molecule has 0 saturated carbocycles. The molecular weight excluding hydrogens is 329 g/mol. The maximum atomic E-state index is 12.7. The number of amides is 2. The molecular formula is C14H15F3N4O3. The van der Waals surface area contributed by atoms with Crippen molar-refractivity contribution < 1.29 is 27.5 Å². The van der Waals surface area contributed by atoms with Crippen LogP contribution in [0.3, 0.4) is 0 Å². The van der Waals surface area contributed by atoms with Gasteiger partial charge in [0.05, 0.1) is 12.2 Å². The molecule has 4 N–H and O–H groups in total. The molecule has 1 saturated heterocycles. The third-order valence-corrected chi connectivity index (χ3v) is 4.24.